The van der Waals surface area contributed by atoms with Crippen LogP contribution < -0.4 is 4.74 Å². The molecule has 3 nitrogen and oxygen atoms in total. The highest BCUT2D eigenvalue weighted by atomic mass is 32.1. The molecule has 0 unspecified atom stereocenters. The Labute approximate surface area is 116 Å². The average molecular weight is 302 g/mol. The molecule has 2 aromatic rings. The van der Waals surface area contributed by atoms with Crippen molar-refractivity contribution in [3.05, 3.63) is 41.3 Å². The van der Waals surface area contributed by atoms with E-state index < -0.39 is 12.3 Å². The molecule has 0 fully saturated rings. The largest absolute Gasteiger partial charge is 0.573 e. The predicted molar refractivity (Wildman–Crippen MR) is 67.8 cm³/mol. The van der Waals surface area contributed by atoms with Gasteiger partial charge in [0, 0.05) is 10.4 Å². The van der Waals surface area contributed by atoms with Crippen LogP contribution in [0.4, 0.5) is 13.2 Å². The van der Waals surface area contributed by atoms with Crippen LogP contribution in [0.1, 0.15) is 9.67 Å². The van der Waals surface area contributed by atoms with Crippen molar-refractivity contribution in [1.29, 1.82) is 0 Å². The van der Waals surface area contributed by atoms with Crippen LogP contribution in [0.5, 0.6) is 5.75 Å². The van der Waals surface area contributed by atoms with Gasteiger partial charge < -0.3 is 9.47 Å². The van der Waals surface area contributed by atoms with Crippen LogP contribution in [0, 0.1) is 0 Å². The number of rotatable bonds is 3. The van der Waals surface area contributed by atoms with Crippen molar-refractivity contribution in [3.8, 4) is 16.2 Å². The number of methoxy groups -OCH3 is 1. The predicted octanol–water partition coefficient (Wildman–Crippen LogP) is 4.10. The van der Waals surface area contributed by atoms with E-state index in [0.29, 0.717) is 9.75 Å². The lowest BCUT2D eigenvalue weighted by Crippen LogP contribution is -2.17. The number of carbonyl (C=O) groups is 1. The molecule has 0 N–H and O–H groups in total. The second-order valence-corrected chi connectivity index (χ2v) is 4.78. The van der Waals surface area contributed by atoms with Gasteiger partial charge in [-0.1, -0.05) is 12.1 Å². The van der Waals surface area contributed by atoms with Gasteiger partial charge in [0.2, 0.25) is 0 Å². The minimum atomic E-state index is -4.77. The Hall–Kier alpha value is -2.02. The van der Waals surface area contributed by atoms with E-state index in [1.165, 1.54) is 31.4 Å². The molecule has 0 aliphatic carbocycles. The summed E-state index contributed by atoms with van der Waals surface area (Å²) in [6.45, 7) is 0. The smallest absolute Gasteiger partial charge is 0.465 e. The molecule has 1 aromatic carbocycles. The highest BCUT2D eigenvalue weighted by Gasteiger charge is 2.32. The van der Waals surface area contributed by atoms with Gasteiger partial charge in [0.25, 0.3) is 0 Å². The van der Waals surface area contributed by atoms with Gasteiger partial charge in [0.1, 0.15) is 10.6 Å². The van der Waals surface area contributed by atoms with E-state index in [4.69, 9.17) is 0 Å². The topological polar surface area (TPSA) is 35.5 Å². The minimum Gasteiger partial charge on any atom is -0.465 e. The van der Waals surface area contributed by atoms with Crippen LogP contribution in [0.3, 0.4) is 0 Å². The van der Waals surface area contributed by atoms with E-state index in [1.54, 1.807) is 12.1 Å². The molecule has 0 amide bonds. The van der Waals surface area contributed by atoms with Crippen molar-refractivity contribution in [2.75, 3.05) is 7.11 Å². The van der Waals surface area contributed by atoms with Crippen molar-refractivity contribution in [1.82, 2.24) is 0 Å². The minimum absolute atomic E-state index is 0.268. The summed E-state index contributed by atoms with van der Waals surface area (Å²) in [5, 5.41) is 0. The molecule has 0 saturated heterocycles. The van der Waals surface area contributed by atoms with Gasteiger partial charge in [-0.2, -0.15) is 0 Å². The molecular weight excluding hydrogens is 293 g/mol. The summed E-state index contributed by atoms with van der Waals surface area (Å²) in [4.78, 5) is 12.1. The number of benzene rings is 1. The Kier molecular flexibility index (Phi) is 3.99. The van der Waals surface area contributed by atoms with Crippen molar-refractivity contribution < 1.29 is 27.4 Å². The Balaban J connectivity index is 2.38. The zero-order chi connectivity index (χ0) is 14.8. The fourth-order valence-electron chi connectivity index (χ4n) is 1.58. The second-order valence-electron chi connectivity index (χ2n) is 3.70. The Morgan fingerprint density at radius 1 is 1.15 bits per heavy atom. The summed E-state index contributed by atoms with van der Waals surface area (Å²) in [5.41, 5.74) is 0.268. The summed E-state index contributed by atoms with van der Waals surface area (Å²) < 4.78 is 45.5. The normalized spacial score (nSPS) is 11.2. The molecule has 1 heterocycles. The maximum absolute atomic E-state index is 12.3. The van der Waals surface area contributed by atoms with Crippen molar-refractivity contribution in [3.63, 3.8) is 0 Å². The summed E-state index contributed by atoms with van der Waals surface area (Å²) in [5.74, 6) is -0.839. The first-order chi connectivity index (χ1) is 9.40. The van der Waals surface area contributed by atoms with Crippen LogP contribution in [0.2, 0.25) is 0 Å². The van der Waals surface area contributed by atoms with Crippen LogP contribution in [-0.4, -0.2) is 19.4 Å². The molecule has 0 saturated carbocycles. The zero-order valence-electron chi connectivity index (χ0n) is 10.2. The highest BCUT2D eigenvalue weighted by Crippen LogP contribution is 2.37. The molecule has 0 bridgehead atoms. The van der Waals surface area contributed by atoms with E-state index in [0.717, 1.165) is 11.3 Å². The fraction of sp³-hybridized carbons (Fsp3) is 0.154. The molecule has 0 radical (unpaired) electrons. The number of hydrogen-bond donors (Lipinski definition) is 0. The SMILES string of the molecule is COC(=O)c1ccc(-c2ccccc2OC(F)(F)F)s1. The molecular formula is C13H9F3O3S. The van der Waals surface area contributed by atoms with Gasteiger partial charge >= 0.3 is 12.3 Å². The van der Waals surface area contributed by atoms with Crippen LogP contribution in [0.15, 0.2) is 36.4 Å². The van der Waals surface area contributed by atoms with E-state index >= 15 is 0 Å². The molecule has 1 aromatic heterocycles. The number of halogens is 3. The summed E-state index contributed by atoms with van der Waals surface area (Å²) >= 11 is 1.04. The van der Waals surface area contributed by atoms with Gasteiger partial charge in [-0.3, -0.25) is 0 Å². The molecule has 0 spiro atoms. The third-order valence-corrected chi connectivity index (χ3v) is 3.47. The van der Waals surface area contributed by atoms with Crippen LogP contribution in [-0.2, 0) is 4.74 Å². The molecule has 7 heteroatoms. The number of alkyl halides is 3. The van der Waals surface area contributed by atoms with Crippen LogP contribution in [0.25, 0.3) is 10.4 Å². The zero-order valence-corrected chi connectivity index (χ0v) is 11.0. The maximum Gasteiger partial charge on any atom is 0.573 e. The number of hydrogen-bond acceptors (Lipinski definition) is 4. The van der Waals surface area contributed by atoms with Crippen molar-refractivity contribution >= 4 is 17.3 Å². The second kappa shape index (κ2) is 5.54. The monoisotopic (exact) mass is 302 g/mol. The summed E-state index contributed by atoms with van der Waals surface area (Å²) in [6, 6.07) is 8.80. The van der Waals surface area contributed by atoms with Crippen LogP contribution >= 0.6 is 11.3 Å². The number of para-hydroxylation sites is 1. The molecule has 20 heavy (non-hydrogen) atoms. The highest BCUT2D eigenvalue weighted by molar-refractivity contribution is 7.17. The number of carbonyl (C=O) groups excluding carboxylic acids is 1. The summed E-state index contributed by atoms with van der Waals surface area (Å²) in [7, 11) is 1.24. The van der Waals surface area contributed by atoms with Gasteiger partial charge in [0.15, 0.2) is 0 Å². The first-order valence-electron chi connectivity index (χ1n) is 5.44. The lowest BCUT2D eigenvalue weighted by atomic mass is 10.1. The fourth-order valence-corrected chi connectivity index (χ4v) is 2.53. The maximum atomic E-state index is 12.3. The van der Waals surface area contributed by atoms with E-state index in [1.807, 2.05) is 0 Å². The third-order valence-electron chi connectivity index (χ3n) is 2.37. The first-order valence-corrected chi connectivity index (χ1v) is 6.25. The van der Waals surface area contributed by atoms with Crippen molar-refractivity contribution in [2.45, 2.75) is 6.36 Å². The third kappa shape index (κ3) is 3.30. The van der Waals surface area contributed by atoms with Gasteiger partial charge in [0.05, 0.1) is 7.11 Å². The van der Waals surface area contributed by atoms with Gasteiger partial charge in [-0.05, 0) is 24.3 Å². The van der Waals surface area contributed by atoms with Gasteiger partial charge in [-0.25, -0.2) is 4.79 Å². The van der Waals surface area contributed by atoms with E-state index in [2.05, 4.69) is 9.47 Å². The molecule has 106 valence electrons. The molecule has 0 aliphatic heterocycles. The first kappa shape index (κ1) is 14.4. The van der Waals surface area contributed by atoms with Gasteiger partial charge in [-0.15, -0.1) is 24.5 Å². The average Bonchev–Trinajstić information content (AvgIpc) is 2.86. The Bertz CT molecular complexity index is 619. The molecule has 0 atom stereocenters. The quantitative estimate of drug-likeness (QED) is 0.801. The van der Waals surface area contributed by atoms with E-state index in [9.17, 15) is 18.0 Å². The number of thiophene rings is 1. The number of ether oxygens (including phenoxy) is 2. The standard InChI is InChI=1S/C13H9F3O3S/c1-18-12(17)11-7-6-10(20-11)8-4-2-3-5-9(8)19-13(14,15)16/h2-7H,1H3. The molecule has 0 aliphatic rings. The van der Waals surface area contributed by atoms with Crippen molar-refractivity contribution in [2.24, 2.45) is 0 Å². The molecule has 2 rings (SSSR count). The Morgan fingerprint density at radius 2 is 1.85 bits per heavy atom. The number of esters is 1. The van der Waals surface area contributed by atoms with E-state index in [-0.39, 0.29) is 11.3 Å². The lowest BCUT2D eigenvalue weighted by molar-refractivity contribution is -0.274. The lowest BCUT2D eigenvalue weighted by Gasteiger charge is -2.12. The summed E-state index contributed by atoms with van der Waals surface area (Å²) in [6.07, 6.45) is -4.77. The Morgan fingerprint density at radius 3 is 2.50 bits per heavy atom.